The van der Waals surface area contributed by atoms with Crippen LogP contribution in [0.2, 0.25) is 5.02 Å². The van der Waals surface area contributed by atoms with Crippen LogP contribution in [0.1, 0.15) is 24.8 Å². The van der Waals surface area contributed by atoms with Gasteiger partial charge < -0.3 is 15.5 Å². The summed E-state index contributed by atoms with van der Waals surface area (Å²) in [4.78, 5) is 22.5. The van der Waals surface area contributed by atoms with E-state index >= 15 is 0 Å². The second kappa shape index (κ2) is 7.91. The molecule has 2 aromatic carbocycles. The molecule has 0 saturated heterocycles. The Morgan fingerprint density at radius 3 is 2.59 bits per heavy atom. The smallest absolute Gasteiger partial charge is 0.250 e. The van der Waals surface area contributed by atoms with E-state index in [0.29, 0.717) is 17.3 Å². The van der Waals surface area contributed by atoms with Gasteiger partial charge in [0.2, 0.25) is 11.9 Å². The first-order chi connectivity index (χ1) is 15.5. The van der Waals surface area contributed by atoms with Crippen LogP contribution in [-0.2, 0) is 10.2 Å². The molecule has 8 heteroatoms. The van der Waals surface area contributed by atoms with Crippen molar-refractivity contribution in [2.24, 2.45) is 0 Å². The minimum absolute atomic E-state index is 0.0301. The van der Waals surface area contributed by atoms with Gasteiger partial charge in [0.25, 0.3) is 0 Å². The number of anilines is 5. The van der Waals surface area contributed by atoms with Gasteiger partial charge in [-0.1, -0.05) is 30.7 Å². The van der Waals surface area contributed by atoms with Gasteiger partial charge in [0, 0.05) is 34.0 Å². The van der Waals surface area contributed by atoms with Crippen LogP contribution in [0.5, 0.6) is 0 Å². The van der Waals surface area contributed by atoms with E-state index in [9.17, 15) is 9.18 Å². The highest BCUT2D eigenvalue weighted by atomic mass is 35.5. The van der Waals surface area contributed by atoms with E-state index in [4.69, 9.17) is 11.6 Å². The summed E-state index contributed by atoms with van der Waals surface area (Å²) < 4.78 is 14.5. The van der Waals surface area contributed by atoms with Crippen LogP contribution in [0.25, 0.3) is 0 Å². The van der Waals surface area contributed by atoms with Crippen LogP contribution in [0, 0.1) is 5.82 Å². The number of hydrogen-bond donors (Lipinski definition) is 2. The van der Waals surface area contributed by atoms with Crippen molar-refractivity contribution < 1.29 is 9.18 Å². The Bertz CT molecular complexity index is 1210. The zero-order valence-corrected chi connectivity index (χ0v) is 18.0. The second-order valence-corrected chi connectivity index (χ2v) is 8.58. The quantitative estimate of drug-likeness (QED) is 0.488. The Hall–Kier alpha value is -3.45. The molecule has 1 spiro atoms. The number of benzene rings is 2. The molecule has 3 aromatic rings. The standard InChI is InChI=1S/C24H21ClFN5O/c1-2-21(32)31-14-24(10-3-11-24)18-9-8-17(12-20(18)31)28-22-19(26)13-27-23(30-22)29-16-6-4-15(25)5-7-16/h2,4-9,12-13H,1,3,10-11,14H2,(H2,27,28,29,30). The summed E-state index contributed by atoms with van der Waals surface area (Å²) in [6, 6.07) is 12.8. The molecule has 1 aliphatic heterocycles. The van der Waals surface area contributed by atoms with Gasteiger partial charge in [0.05, 0.1) is 6.20 Å². The van der Waals surface area contributed by atoms with Crippen molar-refractivity contribution in [3.05, 3.63) is 77.7 Å². The topological polar surface area (TPSA) is 70.2 Å². The Morgan fingerprint density at radius 1 is 1.16 bits per heavy atom. The molecule has 32 heavy (non-hydrogen) atoms. The maximum absolute atomic E-state index is 14.5. The SMILES string of the molecule is C=CC(=O)N1CC2(CCC2)c2ccc(Nc3nc(Nc4ccc(Cl)cc4)ncc3F)cc21. The Labute approximate surface area is 190 Å². The lowest BCUT2D eigenvalue weighted by Gasteiger charge is -2.38. The lowest BCUT2D eigenvalue weighted by atomic mass is 9.66. The van der Waals surface area contributed by atoms with Crippen molar-refractivity contribution in [3.63, 3.8) is 0 Å². The van der Waals surface area contributed by atoms with E-state index in [2.05, 4.69) is 27.2 Å². The van der Waals surface area contributed by atoms with Crippen LogP contribution >= 0.6 is 11.6 Å². The highest BCUT2D eigenvalue weighted by Gasteiger charge is 2.48. The molecule has 0 unspecified atom stereocenters. The van der Waals surface area contributed by atoms with Gasteiger partial charge in [-0.05, 0) is 60.9 Å². The minimum atomic E-state index is -0.582. The molecule has 0 radical (unpaired) electrons. The number of nitrogens with zero attached hydrogens (tertiary/aromatic N) is 3. The molecule has 1 fully saturated rings. The molecular weight excluding hydrogens is 429 g/mol. The van der Waals surface area contributed by atoms with Crippen LogP contribution in [0.4, 0.5) is 33.2 Å². The van der Waals surface area contributed by atoms with Crippen molar-refractivity contribution >= 4 is 46.3 Å². The van der Waals surface area contributed by atoms with Crippen molar-refractivity contribution in [3.8, 4) is 0 Å². The highest BCUT2D eigenvalue weighted by molar-refractivity contribution is 6.30. The Morgan fingerprint density at radius 2 is 1.91 bits per heavy atom. The average molecular weight is 450 g/mol. The number of rotatable bonds is 5. The maximum atomic E-state index is 14.5. The van der Waals surface area contributed by atoms with Gasteiger partial charge in [0.1, 0.15) is 0 Å². The van der Waals surface area contributed by atoms with Crippen LogP contribution in [0.3, 0.4) is 0 Å². The molecule has 2 aliphatic rings. The fourth-order valence-electron chi connectivity index (χ4n) is 4.41. The van der Waals surface area contributed by atoms with E-state index < -0.39 is 5.82 Å². The molecule has 2 heterocycles. The first kappa shape index (κ1) is 20.5. The third-order valence-electron chi connectivity index (χ3n) is 6.18. The van der Waals surface area contributed by atoms with E-state index in [1.54, 1.807) is 29.2 Å². The highest BCUT2D eigenvalue weighted by Crippen LogP contribution is 2.53. The molecule has 2 N–H and O–H groups in total. The Kier molecular flexibility index (Phi) is 5.06. The number of fused-ring (bicyclic) bond motifs is 2. The average Bonchev–Trinajstić information content (AvgIpc) is 3.12. The maximum Gasteiger partial charge on any atom is 0.250 e. The van der Waals surface area contributed by atoms with E-state index in [-0.39, 0.29) is 23.1 Å². The van der Waals surface area contributed by atoms with E-state index in [1.807, 2.05) is 18.2 Å². The van der Waals surface area contributed by atoms with Crippen LogP contribution in [-0.4, -0.2) is 22.4 Å². The van der Waals surface area contributed by atoms with Crippen LogP contribution < -0.4 is 15.5 Å². The summed E-state index contributed by atoms with van der Waals surface area (Å²) in [5, 5.41) is 6.67. The van der Waals surface area contributed by atoms with Crippen LogP contribution in [0.15, 0.2) is 61.3 Å². The number of carbonyl (C=O) groups excluding carboxylic acids is 1. The molecule has 1 amide bonds. The molecule has 6 nitrogen and oxygen atoms in total. The van der Waals surface area contributed by atoms with Gasteiger partial charge >= 0.3 is 0 Å². The van der Waals surface area contributed by atoms with Crippen molar-refractivity contribution in [1.82, 2.24) is 9.97 Å². The molecule has 0 atom stereocenters. The zero-order chi connectivity index (χ0) is 22.3. The lowest BCUT2D eigenvalue weighted by Crippen LogP contribution is -2.40. The van der Waals surface area contributed by atoms with Gasteiger partial charge in [0.15, 0.2) is 11.6 Å². The third kappa shape index (κ3) is 3.58. The first-order valence-corrected chi connectivity index (χ1v) is 10.8. The third-order valence-corrected chi connectivity index (χ3v) is 6.43. The summed E-state index contributed by atoms with van der Waals surface area (Å²) in [5.74, 6) is -0.430. The predicted molar refractivity (Wildman–Crippen MR) is 125 cm³/mol. The van der Waals surface area contributed by atoms with Crippen molar-refractivity contribution in [2.75, 3.05) is 22.1 Å². The number of carbonyl (C=O) groups is 1. The monoisotopic (exact) mass is 449 g/mol. The summed E-state index contributed by atoms with van der Waals surface area (Å²) in [7, 11) is 0. The Balaban J connectivity index is 1.42. The van der Waals surface area contributed by atoms with E-state index in [0.717, 1.165) is 42.4 Å². The molecule has 162 valence electrons. The lowest BCUT2D eigenvalue weighted by molar-refractivity contribution is -0.114. The van der Waals surface area contributed by atoms with Gasteiger partial charge in [-0.15, -0.1) is 0 Å². The number of amides is 1. The predicted octanol–water partition coefficient (Wildman–Crippen LogP) is 5.71. The molecule has 1 aromatic heterocycles. The number of hydrogen-bond acceptors (Lipinski definition) is 5. The fourth-order valence-corrected chi connectivity index (χ4v) is 4.53. The number of halogens is 2. The minimum Gasteiger partial charge on any atom is -0.338 e. The van der Waals surface area contributed by atoms with Gasteiger partial charge in [-0.25, -0.2) is 9.37 Å². The molecule has 1 saturated carbocycles. The van der Waals surface area contributed by atoms with Crippen molar-refractivity contribution in [1.29, 1.82) is 0 Å². The number of aromatic nitrogens is 2. The first-order valence-electron chi connectivity index (χ1n) is 10.4. The molecule has 0 bridgehead atoms. The zero-order valence-electron chi connectivity index (χ0n) is 17.2. The van der Waals surface area contributed by atoms with Gasteiger partial charge in [-0.2, -0.15) is 4.98 Å². The number of nitrogens with one attached hydrogen (secondary N) is 2. The summed E-state index contributed by atoms with van der Waals surface area (Å²) >= 11 is 5.91. The van der Waals surface area contributed by atoms with E-state index in [1.165, 1.54) is 6.08 Å². The summed E-state index contributed by atoms with van der Waals surface area (Å²) in [5.41, 5.74) is 3.40. The second-order valence-electron chi connectivity index (χ2n) is 8.14. The molecule has 5 rings (SSSR count). The largest absolute Gasteiger partial charge is 0.338 e. The molecule has 1 aliphatic carbocycles. The summed E-state index contributed by atoms with van der Waals surface area (Å²) in [6.45, 7) is 4.29. The normalized spacial score (nSPS) is 15.8. The van der Waals surface area contributed by atoms with Crippen molar-refractivity contribution in [2.45, 2.75) is 24.7 Å². The van der Waals surface area contributed by atoms with Gasteiger partial charge in [-0.3, -0.25) is 4.79 Å². The molecular formula is C24H21ClFN5O. The fraction of sp³-hybridized carbons (Fsp3) is 0.208. The summed E-state index contributed by atoms with van der Waals surface area (Å²) in [6.07, 6.45) is 5.73.